The van der Waals surface area contributed by atoms with Gasteiger partial charge in [-0.25, -0.2) is 4.98 Å². The fourth-order valence-corrected chi connectivity index (χ4v) is 3.14. The number of nitrogens with zero attached hydrogens (tertiary/aromatic N) is 3. The number of benzene rings is 1. The molecule has 2 heterocycles. The third-order valence-corrected chi connectivity index (χ3v) is 4.26. The van der Waals surface area contributed by atoms with Crippen LogP contribution in [0.2, 0.25) is 5.15 Å². The van der Waals surface area contributed by atoms with Gasteiger partial charge in [0.05, 0.1) is 17.0 Å². The molecular weight excluding hydrogens is 342 g/mol. The molecule has 0 fully saturated rings. The molecule has 0 spiro atoms. The number of aromatic nitrogens is 2. The first-order chi connectivity index (χ1) is 11.1. The van der Waals surface area contributed by atoms with Crippen molar-refractivity contribution >= 4 is 39.6 Å². The van der Waals surface area contributed by atoms with Gasteiger partial charge in [0.15, 0.2) is 10.1 Å². The molecule has 3 rings (SSSR count). The lowest BCUT2D eigenvalue weighted by Gasteiger charge is -2.05. The third kappa shape index (κ3) is 3.17. The Morgan fingerprint density at radius 2 is 2.22 bits per heavy atom. The summed E-state index contributed by atoms with van der Waals surface area (Å²) in [5, 5.41) is 13.1. The van der Waals surface area contributed by atoms with Gasteiger partial charge >= 0.3 is 5.97 Å². The number of halogens is 1. The lowest BCUT2D eigenvalue weighted by Crippen LogP contribution is -2.10. The number of para-hydroxylation sites is 1. The molecule has 0 amide bonds. The van der Waals surface area contributed by atoms with E-state index in [1.54, 1.807) is 22.7 Å². The van der Waals surface area contributed by atoms with Gasteiger partial charge in [0.25, 0.3) is 5.69 Å². The Bertz CT molecular complexity index is 889. The highest BCUT2D eigenvalue weighted by atomic mass is 35.5. The van der Waals surface area contributed by atoms with E-state index in [-0.39, 0.29) is 23.9 Å². The molecule has 0 N–H and O–H groups in total. The Kier molecular flexibility index (Phi) is 4.26. The summed E-state index contributed by atoms with van der Waals surface area (Å²) in [5.41, 5.74) is 0.772. The average molecular weight is 352 g/mol. The fraction of sp³-hybridized carbons (Fsp3) is 0.143. The summed E-state index contributed by atoms with van der Waals surface area (Å²) in [4.78, 5) is 27.2. The van der Waals surface area contributed by atoms with Crippen LogP contribution in [-0.2, 0) is 22.6 Å². The summed E-state index contributed by atoms with van der Waals surface area (Å²) >= 11 is 7.43. The third-order valence-electron chi connectivity index (χ3n) is 3.21. The Balaban J connectivity index is 1.70. The zero-order valence-electron chi connectivity index (χ0n) is 11.6. The minimum atomic E-state index is -0.569. The fourth-order valence-electron chi connectivity index (χ4n) is 2.13. The topological polar surface area (TPSA) is 86.7 Å². The van der Waals surface area contributed by atoms with Gasteiger partial charge in [-0.1, -0.05) is 29.8 Å². The summed E-state index contributed by atoms with van der Waals surface area (Å²) in [6.07, 6.45) is 1.60. The van der Waals surface area contributed by atoms with E-state index in [0.717, 1.165) is 0 Å². The van der Waals surface area contributed by atoms with Crippen LogP contribution in [0.4, 0.5) is 5.69 Å². The molecule has 0 radical (unpaired) electrons. The number of thiazole rings is 1. The van der Waals surface area contributed by atoms with Gasteiger partial charge in [0.1, 0.15) is 6.61 Å². The van der Waals surface area contributed by atoms with E-state index in [1.165, 1.54) is 23.5 Å². The van der Waals surface area contributed by atoms with E-state index in [2.05, 4.69) is 4.98 Å². The monoisotopic (exact) mass is 351 g/mol. The Morgan fingerprint density at radius 3 is 3.00 bits per heavy atom. The molecule has 7 nitrogen and oxygen atoms in total. The predicted octanol–water partition coefficient (Wildman–Crippen LogP) is 3.24. The molecular formula is C14H10ClN3O4S. The minimum absolute atomic E-state index is 0.0454. The van der Waals surface area contributed by atoms with Crippen LogP contribution in [0.15, 0.2) is 35.8 Å². The minimum Gasteiger partial charge on any atom is -0.459 e. The molecule has 0 atom stereocenters. The van der Waals surface area contributed by atoms with Crippen molar-refractivity contribution < 1.29 is 14.5 Å². The van der Waals surface area contributed by atoms with Crippen molar-refractivity contribution in [3.63, 3.8) is 0 Å². The maximum Gasteiger partial charge on any atom is 0.310 e. The second-order valence-electron chi connectivity index (χ2n) is 4.63. The molecule has 0 bridgehead atoms. The standard InChI is InChI=1S/C14H10ClN3O4S/c15-13-11(17-5-6-23-14(17)16-13)8-22-12(19)7-9-3-1-2-4-10(9)18(20)21/h1-6H,7-8H2. The van der Waals surface area contributed by atoms with Crippen LogP contribution in [0.5, 0.6) is 0 Å². The molecule has 3 aromatic rings. The van der Waals surface area contributed by atoms with Gasteiger partial charge < -0.3 is 4.74 Å². The molecule has 118 valence electrons. The van der Waals surface area contributed by atoms with E-state index < -0.39 is 10.9 Å². The summed E-state index contributed by atoms with van der Waals surface area (Å²) < 4.78 is 6.92. The van der Waals surface area contributed by atoms with Crippen LogP contribution in [-0.4, -0.2) is 20.3 Å². The van der Waals surface area contributed by atoms with E-state index in [9.17, 15) is 14.9 Å². The number of carbonyl (C=O) groups excluding carboxylic acids is 1. The molecule has 1 aromatic carbocycles. The number of esters is 1. The number of imidazole rings is 1. The summed E-state index contributed by atoms with van der Waals surface area (Å²) in [6, 6.07) is 6.07. The van der Waals surface area contributed by atoms with Crippen molar-refractivity contribution in [2.24, 2.45) is 0 Å². The highest BCUT2D eigenvalue weighted by Gasteiger charge is 2.18. The summed E-state index contributed by atoms with van der Waals surface area (Å²) in [6.45, 7) is -0.0454. The van der Waals surface area contributed by atoms with Gasteiger partial charge in [-0.15, -0.1) is 11.3 Å². The van der Waals surface area contributed by atoms with E-state index >= 15 is 0 Å². The molecule has 0 aliphatic rings. The number of nitro benzene ring substituents is 1. The molecule has 0 aliphatic heterocycles. The maximum atomic E-state index is 12.0. The summed E-state index contributed by atoms with van der Waals surface area (Å²) in [7, 11) is 0. The zero-order chi connectivity index (χ0) is 16.4. The quantitative estimate of drug-likeness (QED) is 0.400. The smallest absolute Gasteiger partial charge is 0.310 e. The van der Waals surface area contributed by atoms with E-state index in [4.69, 9.17) is 16.3 Å². The van der Waals surface area contributed by atoms with E-state index in [1.807, 2.05) is 5.38 Å². The molecule has 0 aliphatic carbocycles. The van der Waals surface area contributed by atoms with Crippen LogP contribution in [0, 0.1) is 10.1 Å². The first kappa shape index (κ1) is 15.4. The van der Waals surface area contributed by atoms with E-state index in [0.29, 0.717) is 16.2 Å². The Labute approximate surface area is 139 Å². The predicted molar refractivity (Wildman–Crippen MR) is 84.7 cm³/mol. The number of rotatable bonds is 5. The number of fused-ring (bicyclic) bond motifs is 1. The van der Waals surface area contributed by atoms with Gasteiger partial charge in [0.2, 0.25) is 0 Å². The van der Waals surface area contributed by atoms with Gasteiger partial charge in [-0.05, 0) is 0 Å². The van der Waals surface area contributed by atoms with Crippen molar-refractivity contribution in [2.45, 2.75) is 13.0 Å². The largest absolute Gasteiger partial charge is 0.459 e. The summed E-state index contributed by atoms with van der Waals surface area (Å²) in [5.74, 6) is -0.569. The lowest BCUT2D eigenvalue weighted by molar-refractivity contribution is -0.385. The van der Waals surface area contributed by atoms with Crippen molar-refractivity contribution in [3.8, 4) is 0 Å². The SMILES string of the molecule is O=C(Cc1ccccc1[N+](=O)[O-])OCc1c(Cl)nc2sccn12. The first-order valence-electron chi connectivity index (χ1n) is 6.54. The highest BCUT2D eigenvalue weighted by Crippen LogP contribution is 2.23. The van der Waals surface area contributed by atoms with Crippen LogP contribution in [0.25, 0.3) is 4.96 Å². The number of ether oxygens (including phenoxy) is 1. The zero-order valence-corrected chi connectivity index (χ0v) is 13.2. The number of carbonyl (C=O) groups is 1. The van der Waals surface area contributed by atoms with Crippen LogP contribution >= 0.6 is 22.9 Å². The number of nitro groups is 1. The van der Waals surface area contributed by atoms with Crippen molar-refractivity contribution in [2.75, 3.05) is 0 Å². The van der Waals surface area contributed by atoms with Crippen LogP contribution in [0.3, 0.4) is 0 Å². The van der Waals surface area contributed by atoms with Crippen LogP contribution < -0.4 is 0 Å². The molecule has 2 aromatic heterocycles. The molecule has 23 heavy (non-hydrogen) atoms. The van der Waals surface area contributed by atoms with Crippen LogP contribution in [0.1, 0.15) is 11.3 Å². The molecule has 0 unspecified atom stereocenters. The highest BCUT2D eigenvalue weighted by molar-refractivity contribution is 7.15. The van der Waals surface area contributed by atoms with Crippen molar-refractivity contribution in [1.82, 2.24) is 9.38 Å². The van der Waals surface area contributed by atoms with Gasteiger partial charge in [0, 0.05) is 23.2 Å². The molecule has 0 saturated heterocycles. The number of hydrogen-bond donors (Lipinski definition) is 0. The lowest BCUT2D eigenvalue weighted by atomic mass is 10.1. The average Bonchev–Trinajstić information content (AvgIpc) is 3.06. The normalized spacial score (nSPS) is 10.8. The Morgan fingerprint density at radius 1 is 1.43 bits per heavy atom. The Hall–Kier alpha value is -2.45. The maximum absolute atomic E-state index is 12.0. The molecule has 0 saturated carbocycles. The van der Waals surface area contributed by atoms with Gasteiger partial charge in [-0.3, -0.25) is 19.3 Å². The van der Waals surface area contributed by atoms with Crippen molar-refractivity contribution in [1.29, 1.82) is 0 Å². The number of hydrogen-bond acceptors (Lipinski definition) is 6. The second kappa shape index (κ2) is 6.35. The first-order valence-corrected chi connectivity index (χ1v) is 7.80. The van der Waals surface area contributed by atoms with Gasteiger partial charge in [-0.2, -0.15) is 0 Å². The van der Waals surface area contributed by atoms with Crippen molar-refractivity contribution in [3.05, 3.63) is 62.4 Å². The molecule has 9 heteroatoms. The second-order valence-corrected chi connectivity index (χ2v) is 5.86.